The first-order valence-electron chi connectivity index (χ1n) is 7.11. The normalized spacial score (nSPS) is 21.3. The molecule has 0 amide bonds. The van der Waals surface area contributed by atoms with Crippen molar-refractivity contribution in [3.05, 3.63) is 16.0 Å². The van der Waals surface area contributed by atoms with Crippen LogP contribution in [0.4, 0.5) is 5.95 Å². The van der Waals surface area contributed by atoms with Crippen LogP contribution in [0.15, 0.2) is 4.79 Å². The van der Waals surface area contributed by atoms with Gasteiger partial charge in [0.25, 0.3) is 5.56 Å². The predicted molar refractivity (Wildman–Crippen MR) is 78.9 cm³/mol. The zero-order chi connectivity index (χ0) is 15.6. The van der Waals surface area contributed by atoms with Gasteiger partial charge in [-0.15, -0.1) is 0 Å². The van der Waals surface area contributed by atoms with E-state index in [0.29, 0.717) is 16.7 Å². The SMILES string of the molecule is CC.Cc1nn([C@H]2CC[C@@H](CO)O2)c2nc(N)[nH]c(=O)c12. The number of aryl methyl sites for hydroxylation is 1. The molecule has 4 N–H and O–H groups in total. The molecule has 0 saturated carbocycles. The van der Waals surface area contributed by atoms with Crippen LogP contribution in [-0.4, -0.2) is 37.6 Å². The van der Waals surface area contributed by atoms with Gasteiger partial charge in [0.05, 0.1) is 18.4 Å². The molecule has 3 rings (SSSR count). The Hall–Kier alpha value is -1.93. The van der Waals surface area contributed by atoms with Crippen LogP contribution >= 0.6 is 0 Å². The van der Waals surface area contributed by atoms with Crippen molar-refractivity contribution < 1.29 is 9.84 Å². The van der Waals surface area contributed by atoms with Gasteiger partial charge >= 0.3 is 0 Å². The summed E-state index contributed by atoms with van der Waals surface area (Å²) in [6.07, 6.45) is 0.960. The number of rotatable bonds is 2. The van der Waals surface area contributed by atoms with E-state index in [-0.39, 0.29) is 30.4 Å². The fourth-order valence-electron chi connectivity index (χ4n) is 2.43. The fraction of sp³-hybridized carbons (Fsp3) is 0.615. The van der Waals surface area contributed by atoms with E-state index in [4.69, 9.17) is 15.6 Å². The third kappa shape index (κ3) is 2.77. The zero-order valence-corrected chi connectivity index (χ0v) is 12.5. The number of ether oxygens (including phenoxy) is 1. The summed E-state index contributed by atoms with van der Waals surface area (Å²) >= 11 is 0. The standard InChI is InChI=1S/C11H15N5O3.C2H6/c1-5-8-9(13-11(12)14-10(8)18)16(15-5)7-3-2-6(4-17)19-7;1-2/h6-7,17H,2-4H2,1H3,(H3,12,13,14,18);1-2H3/t6-,7+;/m0./s1. The van der Waals surface area contributed by atoms with E-state index in [2.05, 4.69) is 15.1 Å². The summed E-state index contributed by atoms with van der Waals surface area (Å²) in [6.45, 7) is 5.72. The van der Waals surface area contributed by atoms with Gasteiger partial charge in [-0.05, 0) is 19.8 Å². The van der Waals surface area contributed by atoms with Gasteiger partial charge < -0.3 is 15.6 Å². The van der Waals surface area contributed by atoms with Gasteiger partial charge in [-0.1, -0.05) is 13.8 Å². The number of hydrogen-bond donors (Lipinski definition) is 3. The largest absolute Gasteiger partial charge is 0.394 e. The Morgan fingerprint density at radius 1 is 1.48 bits per heavy atom. The number of aromatic amines is 1. The highest BCUT2D eigenvalue weighted by Crippen LogP contribution is 2.30. The van der Waals surface area contributed by atoms with Crippen molar-refractivity contribution in [1.82, 2.24) is 19.7 Å². The van der Waals surface area contributed by atoms with Gasteiger partial charge in [0.1, 0.15) is 5.39 Å². The number of nitrogens with two attached hydrogens (primary N) is 1. The van der Waals surface area contributed by atoms with E-state index in [1.807, 2.05) is 13.8 Å². The quantitative estimate of drug-likeness (QED) is 0.750. The topological polar surface area (TPSA) is 119 Å². The minimum atomic E-state index is -0.318. The Balaban J connectivity index is 0.000000774. The molecule has 1 fully saturated rings. The van der Waals surface area contributed by atoms with Crippen LogP contribution in [0, 0.1) is 6.92 Å². The number of aromatic nitrogens is 4. The van der Waals surface area contributed by atoms with Crippen LogP contribution in [-0.2, 0) is 4.74 Å². The third-order valence-electron chi connectivity index (χ3n) is 3.32. The lowest BCUT2D eigenvalue weighted by atomic mass is 10.2. The zero-order valence-electron chi connectivity index (χ0n) is 12.5. The lowest BCUT2D eigenvalue weighted by Crippen LogP contribution is -2.17. The molecule has 0 radical (unpaired) electrons. The number of fused-ring (bicyclic) bond motifs is 1. The van der Waals surface area contributed by atoms with E-state index in [1.54, 1.807) is 11.6 Å². The van der Waals surface area contributed by atoms with E-state index in [0.717, 1.165) is 12.8 Å². The highest BCUT2D eigenvalue weighted by Gasteiger charge is 2.29. The van der Waals surface area contributed by atoms with Crippen molar-refractivity contribution in [1.29, 1.82) is 0 Å². The summed E-state index contributed by atoms with van der Waals surface area (Å²) in [5, 5.41) is 13.8. The first-order chi connectivity index (χ1) is 10.1. The number of anilines is 1. The van der Waals surface area contributed by atoms with E-state index < -0.39 is 0 Å². The fourth-order valence-corrected chi connectivity index (χ4v) is 2.43. The number of nitrogen functional groups attached to an aromatic ring is 1. The van der Waals surface area contributed by atoms with Crippen LogP contribution in [0.5, 0.6) is 0 Å². The van der Waals surface area contributed by atoms with Gasteiger partial charge in [0, 0.05) is 0 Å². The Morgan fingerprint density at radius 2 is 2.19 bits per heavy atom. The molecular formula is C13H21N5O3. The first-order valence-corrected chi connectivity index (χ1v) is 7.11. The van der Waals surface area contributed by atoms with Crippen molar-refractivity contribution in [2.75, 3.05) is 12.3 Å². The molecule has 1 aliphatic rings. The van der Waals surface area contributed by atoms with Gasteiger partial charge in [-0.3, -0.25) is 9.78 Å². The molecule has 1 aliphatic heterocycles. The first kappa shape index (κ1) is 15.5. The number of hydrogen-bond acceptors (Lipinski definition) is 6. The minimum Gasteiger partial charge on any atom is -0.394 e. The smallest absolute Gasteiger partial charge is 0.263 e. The molecule has 2 aromatic heterocycles. The van der Waals surface area contributed by atoms with Gasteiger partial charge in [-0.2, -0.15) is 10.1 Å². The average molecular weight is 295 g/mol. The highest BCUT2D eigenvalue weighted by molar-refractivity contribution is 5.77. The predicted octanol–water partition coefficient (Wildman–Crippen LogP) is 0.706. The average Bonchev–Trinajstić information content (AvgIpc) is 3.05. The number of aliphatic hydroxyl groups excluding tert-OH is 1. The van der Waals surface area contributed by atoms with Crippen LogP contribution in [0.2, 0.25) is 0 Å². The van der Waals surface area contributed by atoms with Crippen molar-refractivity contribution in [3.8, 4) is 0 Å². The summed E-state index contributed by atoms with van der Waals surface area (Å²) in [7, 11) is 0. The number of nitrogens with one attached hydrogen (secondary N) is 1. The second kappa shape index (κ2) is 6.23. The monoisotopic (exact) mass is 295 g/mol. The molecule has 8 heteroatoms. The molecule has 21 heavy (non-hydrogen) atoms. The molecule has 0 bridgehead atoms. The molecule has 0 aromatic carbocycles. The Labute approximate surface area is 121 Å². The van der Waals surface area contributed by atoms with Crippen molar-refractivity contribution in [2.24, 2.45) is 0 Å². The lowest BCUT2D eigenvalue weighted by Gasteiger charge is -2.12. The molecule has 2 atom stereocenters. The summed E-state index contributed by atoms with van der Waals surface area (Å²) in [5.74, 6) is 0.0513. The number of nitrogens with zero attached hydrogens (tertiary/aromatic N) is 3. The number of aliphatic hydroxyl groups is 1. The molecule has 8 nitrogen and oxygen atoms in total. The molecule has 116 valence electrons. The van der Waals surface area contributed by atoms with Gasteiger partial charge in [0.15, 0.2) is 11.9 Å². The molecule has 0 unspecified atom stereocenters. The molecule has 0 spiro atoms. The highest BCUT2D eigenvalue weighted by atomic mass is 16.5. The Kier molecular flexibility index (Phi) is 4.59. The Morgan fingerprint density at radius 3 is 2.81 bits per heavy atom. The summed E-state index contributed by atoms with van der Waals surface area (Å²) in [4.78, 5) is 18.4. The maximum absolute atomic E-state index is 11.9. The van der Waals surface area contributed by atoms with Crippen LogP contribution in [0.3, 0.4) is 0 Å². The van der Waals surface area contributed by atoms with Crippen LogP contribution in [0.25, 0.3) is 11.0 Å². The summed E-state index contributed by atoms with van der Waals surface area (Å²) in [6, 6.07) is 0. The molecule has 0 aliphatic carbocycles. The van der Waals surface area contributed by atoms with Crippen LogP contribution < -0.4 is 11.3 Å². The van der Waals surface area contributed by atoms with E-state index >= 15 is 0 Å². The van der Waals surface area contributed by atoms with Crippen molar-refractivity contribution in [3.63, 3.8) is 0 Å². The maximum atomic E-state index is 11.9. The molecular weight excluding hydrogens is 274 g/mol. The second-order valence-electron chi connectivity index (χ2n) is 4.65. The Bertz CT molecular complexity index is 678. The maximum Gasteiger partial charge on any atom is 0.263 e. The van der Waals surface area contributed by atoms with Gasteiger partial charge in [0.2, 0.25) is 5.95 Å². The number of H-pyrrole nitrogens is 1. The third-order valence-corrected chi connectivity index (χ3v) is 3.32. The second-order valence-corrected chi connectivity index (χ2v) is 4.65. The van der Waals surface area contributed by atoms with E-state index in [1.165, 1.54) is 0 Å². The van der Waals surface area contributed by atoms with Crippen molar-refractivity contribution >= 4 is 17.0 Å². The molecule has 1 saturated heterocycles. The minimum absolute atomic E-state index is 0.0230. The lowest BCUT2D eigenvalue weighted by molar-refractivity contribution is -0.0263. The van der Waals surface area contributed by atoms with Crippen molar-refractivity contribution in [2.45, 2.75) is 45.9 Å². The summed E-state index contributed by atoms with van der Waals surface area (Å²) in [5.41, 5.74) is 6.27. The van der Waals surface area contributed by atoms with E-state index in [9.17, 15) is 4.79 Å². The van der Waals surface area contributed by atoms with Gasteiger partial charge in [-0.25, -0.2) is 4.68 Å². The van der Waals surface area contributed by atoms with Crippen LogP contribution in [0.1, 0.15) is 38.6 Å². The molecule has 3 heterocycles. The molecule has 2 aromatic rings. The summed E-state index contributed by atoms with van der Waals surface area (Å²) < 4.78 is 7.23.